The number of halogens is 1. The van der Waals surface area contributed by atoms with E-state index in [0.717, 1.165) is 0 Å². The number of aliphatic hydroxyl groups excluding tert-OH is 1. The minimum Gasteiger partial charge on any atom is -0.507 e. The Morgan fingerprint density at radius 2 is 1.72 bits per heavy atom. The molecule has 0 saturated carbocycles. The molecular weight excluding hydrogens is 432 g/mol. The number of aromatic nitrogens is 1. The number of carbonyl (C=O) groups excluding carboxylic acids is 2. The maximum absolute atomic E-state index is 13.1. The Balaban J connectivity index is 1.94. The van der Waals surface area contributed by atoms with E-state index in [1.807, 2.05) is 0 Å². The SMILES string of the molecule is COc1ccc(N2C(=O)C(=O)/C(=C(/O)c3cc(OC)ccc3Cl)C2c2cccnc2)cc1. The first-order valence-electron chi connectivity index (χ1n) is 9.65. The van der Waals surface area contributed by atoms with Gasteiger partial charge in [0.25, 0.3) is 11.7 Å². The van der Waals surface area contributed by atoms with Gasteiger partial charge in [-0.05, 0) is 54.1 Å². The summed E-state index contributed by atoms with van der Waals surface area (Å²) in [6, 6.07) is 13.9. The Labute approximate surface area is 189 Å². The lowest BCUT2D eigenvalue weighted by molar-refractivity contribution is -0.132. The molecule has 162 valence electrons. The van der Waals surface area contributed by atoms with Crippen molar-refractivity contribution >= 4 is 34.7 Å². The van der Waals surface area contributed by atoms with E-state index in [1.54, 1.807) is 60.9 Å². The van der Waals surface area contributed by atoms with Crippen LogP contribution in [0.3, 0.4) is 0 Å². The Hall–Kier alpha value is -3.84. The number of methoxy groups -OCH3 is 2. The maximum Gasteiger partial charge on any atom is 0.300 e. The van der Waals surface area contributed by atoms with Gasteiger partial charge in [0, 0.05) is 23.6 Å². The van der Waals surface area contributed by atoms with Crippen molar-refractivity contribution in [3.63, 3.8) is 0 Å². The summed E-state index contributed by atoms with van der Waals surface area (Å²) < 4.78 is 10.4. The third-order valence-corrected chi connectivity index (χ3v) is 5.55. The molecule has 0 radical (unpaired) electrons. The van der Waals surface area contributed by atoms with Crippen LogP contribution in [0.1, 0.15) is 17.2 Å². The van der Waals surface area contributed by atoms with E-state index in [2.05, 4.69) is 4.98 Å². The van der Waals surface area contributed by atoms with Crippen LogP contribution in [-0.4, -0.2) is 36.0 Å². The maximum atomic E-state index is 13.1. The van der Waals surface area contributed by atoms with Gasteiger partial charge >= 0.3 is 0 Å². The van der Waals surface area contributed by atoms with Crippen molar-refractivity contribution in [3.8, 4) is 11.5 Å². The number of rotatable bonds is 5. The number of Topliss-reactive ketones (excluding diaryl/α,β-unsaturated/α-hetero) is 1. The fourth-order valence-corrected chi connectivity index (χ4v) is 3.86. The predicted octanol–water partition coefficient (Wildman–Crippen LogP) is 4.38. The number of benzene rings is 2. The molecular formula is C24H19ClN2O5. The number of ketones is 1. The van der Waals surface area contributed by atoms with Gasteiger partial charge in [-0.15, -0.1) is 0 Å². The first kappa shape index (κ1) is 21.4. The van der Waals surface area contributed by atoms with Crippen LogP contribution in [0, 0.1) is 0 Å². The molecule has 1 aliphatic rings. The second kappa shape index (κ2) is 8.72. The molecule has 2 aromatic carbocycles. The topological polar surface area (TPSA) is 89.0 Å². The van der Waals surface area contributed by atoms with Crippen LogP contribution >= 0.6 is 11.6 Å². The van der Waals surface area contributed by atoms with Crippen molar-refractivity contribution in [2.45, 2.75) is 6.04 Å². The van der Waals surface area contributed by atoms with E-state index in [1.165, 1.54) is 25.2 Å². The highest BCUT2D eigenvalue weighted by Crippen LogP contribution is 2.43. The highest BCUT2D eigenvalue weighted by molar-refractivity contribution is 6.52. The molecule has 1 unspecified atom stereocenters. The molecule has 3 aromatic rings. The van der Waals surface area contributed by atoms with Crippen LogP contribution in [0.5, 0.6) is 11.5 Å². The lowest BCUT2D eigenvalue weighted by Crippen LogP contribution is -2.29. The molecule has 1 amide bonds. The van der Waals surface area contributed by atoms with Crippen LogP contribution in [0.15, 0.2) is 72.6 Å². The van der Waals surface area contributed by atoms with Gasteiger partial charge in [-0.25, -0.2) is 0 Å². The molecule has 4 rings (SSSR count). The van der Waals surface area contributed by atoms with Gasteiger partial charge in [-0.3, -0.25) is 19.5 Å². The predicted molar refractivity (Wildman–Crippen MR) is 120 cm³/mol. The fraction of sp³-hybridized carbons (Fsp3) is 0.125. The van der Waals surface area contributed by atoms with E-state index in [9.17, 15) is 14.7 Å². The van der Waals surface area contributed by atoms with Crippen molar-refractivity contribution < 1.29 is 24.2 Å². The summed E-state index contributed by atoms with van der Waals surface area (Å²) in [5, 5.41) is 11.4. The molecule has 0 spiro atoms. The van der Waals surface area contributed by atoms with Crippen LogP contribution < -0.4 is 14.4 Å². The number of pyridine rings is 1. The van der Waals surface area contributed by atoms with Gasteiger partial charge in [0.2, 0.25) is 0 Å². The number of carbonyl (C=O) groups is 2. The molecule has 0 bridgehead atoms. The second-order valence-corrected chi connectivity index (χ2v) is 7.41. The van der Waals surface area contributed by atoms with E-state index in [-0.39, 0.29) is 16.2 Å². The molecule has 32 heavy (non-hydrogen) atoms. The summed E-state index contributed by atoms with van der Waals surface area (Å²) in [5.41, 5.74) is 1.13. The quantitative estimate of drug-likeness (QED) is 0.352. The average molecular weight is 451 g/mol. The molecule has 1 fully saturated rings. The Morgan fingerprint density at radius 1 is 1.03 bits per heavy atom. The molecule has 1 aliphatic heterocycles. The van der Waals surface area contributed by atoms with Crippen LogP contribution in [-0.2, 0) is 9.59 Å². The summed E-state index contributed by atoms with van der Waals surface area (Å²) in [6.07, 6.45) is 3.13. The van der Waals surface area contributed by atoms with Crippen molar-refractivity contribution in [2.75, 3.05) is 19.1 Å². The number of nitrogens with zero attached hydrogens (tertiary/aromatic N) is 2. The monoisotopic (exact) mass is 450 g/mol. The minimum atomic E-state index is -0.903. The number of hydrogen-bond acceptors (Lipinski definition) is 6. The van der Waals surface area contributed by atoms with Gasteiger partial charge in [-0.1, -0.05) is 17.7 Å². The zero-order valence-corrected chi connectivity index (χ0v) is 18.0. The lowest BCUT2D eigenvalue weighted by atomic mass is 9.96. The van der Waals surface area contributed by atoms with Gasteiger partial charge in [0.1, 0.15) is 17.3 Å². The van der Waals surface area contributed by atoms with E-state index >= 15 is 0 Å². The third-order valence-electron chi connectivity index (χ3n) is 5.22. The Morgan fingerprint density at radius 3 is 2.34 bits per heavy atom. The lowest BCUT2D eigenvalue weighted by Gasteiger charge is -2.25. The number of ether oxygens (including phenoxy) is 2. The standard InChI is InChI=1S/C24H19ClN2O5/c1-31-16-7-5-15(6-8-16)27-21(14-4-3-11-26-13-14)20(23(29)24(27)30)22(28)18-12-17(32-2)9-10-19(18)25/h3-13,21,28H,1-2H3/b22-20+. The van der Waals surface area contributed by atoms with Gasteiger partial charge in [0.05, 0.1) is 30.9 Å². The van der Waals surface area contributed by atoms with E-state index in [4.69, 9.17) is 21.1 Å². The summed E-state index contributed by atoms with van der Waals surface area (Å²) in [4.78, 5) is 31.7. The van der Waals surface area contributed by atoms with Gasteiger partial charge in [-0.2, -0.15) is 0 Å². The largest absolute Gasteiger partial charge is 0.507 e. The van der Waals surface area contributed by atoms with Crippen molar-refractivity contribution in [2.24, 2.45) is 0 Å². The summed E-state index contributed by atoms with van der Waals surface area (Å²) in [7, 11) is 3.01. The van der Waals surface area contributed by atoms with Crippen molar-refractivity contribution in [1.82, 2.24) is 4.98 Å². The number of anilines is 1. The van der Waals surface area contributed by atoms with Gasteiger partial charge in [0.15, 0.2) is 0 Å². The highest BCUT2D eigenvalue weighted by Gasteiger charge is 2.47. The molecule has 1 aromatic heterocycles. The summed E-state index contributed by atoms with van der Waals surface area (Å²) in [6.45, 7) is 0. The first-order valence-corrected chi connectivity index (χ1v) is 10.0. The smallest absolute Gasteiger partial charge is 0.300 e. The summed E-state index contributed by atoms with van der Waals surface area (Å²) >= 11 is 6.31. The van der Waals surface area contributed by atoms with Crippen LogP contribution in [0.4, 0.5) is 5.69 Å². The van der Waals surface area contributed by atoms with Crippen molar-refractivity contribution in [1.29, 1.82) is 0 Å². The minimum absolute atomic E-state index is 0.0889. The fourth-order valence-electron chi connectivity index (χ4n) is 3.65. The second-order valence-electron chi connectivity index (χ2n) is 7.00. The molecule has 1 atom stereocenters. The summed E-state index contributed by atoms with van der Waals surface area (Å²) in [5.74, 6) is -0.947. The normalized spacial score (nSPS) is 17.5. The zero-order chi connectivity index (χ0) is 22.8. The van der Waals surface area contributed by atoms with E-state index in [0.29, 0.717) is 22.7 Å². The van der Waals surface area contributed by atoms with E-state index < -0.39 is 23.5 Å². The Bertz CT molecular complexity index is 1210. The first-order chi connectivity index (χ1) is 15.5. The Kier molecular flexibility index (Phi) is 5.83. The molecule has 1 N–H and O–H groups in total. The zero-order valence-electron chi connectivity index (χ0n) is 17.3. The highest BCUT2D eigenvalue weighted by atomic mass is 35.5. The van der Waals surface area contributed by atoms with Crippen molar-refractivity contribution in [3.05, 3.63) is 88.7 Å². The van der Waals surface area contributed by atoms with Crippen LogP contribution in [0.2, 0.25) is 5.02 Å². The molecule has 7 nitrogen and oxygen atoms in total. The average Bonchev–Trinajstić information content (AvgIpc) is 3.10. The number of hydrogen-bond donors (Lipinski definition) is 1. The molecule has 2 heterocycles. The molecule has 1 saturated heterocycles. The molecule has 0 aliphatic carbocycles. The molecule has 8 heteroatoms. The number of aliphatic hydroxyl groups is 1. The third kappa shape index (κ3) is 3.67. The van der Waals surface area contributed by atoms with Crippen LogP contribution in [0.25, 0.3) is 5.76 Å². The van der Waals surface area contributed by atoms with Gasteiger partial charge < -0.3 is 14.6 Å². The number of amides is 1.